The molecule has 0 aliphatic heterocycles. The second-order valence-corrected chi connectivity index (χ2v) is 8.12. The second kappa shape index (κ2) is 16.4. The maximum atomic E-state index is 13.1. The van der Waals surface area contributed by atoms with Gasteiger partial charge in [0.25, 0.3) is 0 Å². The van der Waals surface area contributed by atoms with E-state index in [1.807, 2.05) is 27.7 Å². The number of hydrogen-bond donors (Lipinski definition) is 0. The minimum atomic E-state index is -1.45. The van der Waals surface area contributed by atoms with Gasteiger partial charge in [-0.2, -0.15) is 0 Å². The van der Waals surface area contributed by atoms with Crippen LogP contribution in [0.2, 0.25) is 0 Å². The third kappa shape index (κ3) is 8.42. The molecular formula is C26H36O10. The van der Waals surface area contributed by atoms with E-state index in [4.69, 9.17) is 18.9 Å². The van der Waals surface area contributed by atoms with E-state index in [-0.39, 0.29) is 26.4 Å². The number of ether oxygens (including phenoxy) is 4. The van der Waals surface area contributed by atoms with Crippen molar-refractivity contribution < 1.29 is 47.7 Å². The molecule has 0 aromatic carbocycles. The molecule has 0 saturated heterocycles. The number of hydrogen-bond acceptors (Lipinski definition) is 10. The van der Waals surface area contributed by atoms with Crippen molar-refractivity contribution in [1.82, 2.24) is 0 Å². The average molecular weight is 509 g/mol. The highest BCUT2D eigenvalue weighted by atomic mass is 16.5. The molecule has 0 atom stereocenters. The van der Waals surface area contributed by atoms with Crippen molar-refractivity contribution in [1.29, 1.82) is 0 Å². The molecule has 0 radical (unpaired) electrons. The van der Waals surface area contributed by atoms with Gasteiger partial charge in [0.15, 0.2) is 0 Å². The fraction of sp³-hybridized carbons (Fsp3) is 0.615. The maximum absolute atomic E-state index is 13.1. The zero-order valence-electron chi connectivity index (χ0n) is 21.6. The van der Waals surface area contributed by atoms with E-state index in [2.05, 4.69) is 0 Å². The molecule has 10 heteroatoms. The molecule has 0 saturated carbocycles. The highest BCUT2D eigenvalue weighted by molar-refractivity contribution is 6.60. The molecule has 0 heterocycles. The van der Waals surface area contributed by atoms with E-state index < -0.39 is 57.7 Å². The van der Waals surface area contributed by atoms with Crippen molar-refractivity contribution >= 4 is 35.4 Å². The van der Waals surface area contributed by atoms with Crippen molar-refractivity contribution in [3.05, 3.63) is 22.3 Å². The zero-order valence-corrected chi connectivity index (χ0v) is 21.6. The van der Waals surface area contributed by atoms with Gasteiger partial charge in [-0.25, -0.2) is 19.2 Å². The monoisotopic (exact) mass is 508 g/mol. The third-order valence-electron chi connectivity index (χ3n) is 5.15. The normalized spacial score (nSPS) is 13.6. The fourth-order valence-corrected chi connectivity index (χ4v) is 3.03. The minimum Gasteiger partial charge on any atom is -0.462 e. The van der Waals surface area contributed by atoms with Crippen LogP contribution in [0.1, 0.15) is 79.1 Å². The van der Waals surface area contributed by atoms with Crippen molar-refractivity contribution in [3.8, 4) is 0 Å². The van der Waals surface area contributed by atoms with E-state index >= 15 is 0 Å². The molecule has 0 aromatic heterocycles. The van der Waals surface area contributed by atoms with Crippen molar-refractivity contribution in [2.24, 2.45) is 0 Å². The number of ketones is 2. The van der Waals surface area contributed by atoms with Crippen molar-refractivity contribution in [2.45, 2.75) is 79.1 Å². The molecule has 0 unspecified atom stereocenters. The number of esters is 4. The summed E-state index contributed by atoms with van der Waals surface area (Å²) < 4.78 is 20.5. The third-order valence-corrected chi connectivity index (χ3v) is 5.15. The van der Waals surface area contributed by atoms with Crippen LogP contribution in [0.15, 0.2) is 22.3 Å². The van der Waals surface area contributed by atoms with Gasteiger partial charge in [-0.1, -0.05) is 53.4 Å². The first-order chi connectivity index (χ1) is 17.3. The lowest BCUT2D eigenvalue weighted by molar-refractivity contribution is -0.148. The van der Waals surface area contributed by atoms with Gasteiger partial charge < -0.3 is 18.9 Å². The van der Waals surface area contributed by atoms with Crippen LogP contribution in [0, 0.1) is 0 Å². The lowest BCUT2D eigenvalue weighted by Crippen LogP contribution is -2.38. The summed E-state index contributed by atoms with van der Waals surface area (Å²) in [5.41, 5.74) is -3.54. The first-order valence-corrected chi connectivity index (χ1v) is 12.5. The van der Waals surface area contributed by atoms with Crippen LogP contribution < -0.4 is 0 Å². The molecule has 10 nitrogen and oxygen atoms in total. The standard InChI is InChI=1S/C26H36O10/c1-5-9-13-33-23(29)17-18(24(30)34-14-10-6-2)20(26(32)36-16-12-8-4)22(28)21(27)19(17)25(31)35-15-11-7-3/h5-16H2,1-4H3. The molecule has 0 spiro atoms. The molecule has 1 rings (SSSR count). The van der Waals surface area contributed by atoms with E-state index in [0.717, 1.165) is 0 Å². The average Bonchev–Trinajstić information content (AvgIpc) is 2.85. The summed E-state index contributed by atoms with van der Waals surface area (Å²) in [6, 6.07) is 0. The first-order valence-electron chi connectivity index (χ1n) is 12.5. The smallest absolute Gasteiger partial charge is 0.343 e. The Morgan fingerprint density at radius 1 is 0.444 bits per heavy atom. The lowest BCUT2D eigenvalue weighted by Gasteiger charge is -2.21. The highest BCUT2D eigenvalue weighted by Gasteiger charge is 2.47. The van der Waals surface area contributed by atoms with Crippen LogP contribution in [0.5, 0.6) is 0 Å². The van der Waals surface area contributed by atoms with Gasteiger partial charge in [-0.3, -0.25) is 9.59 Å². The van der Waals surface area contributed by atoms with Crippen LogP contribution in [0.25, 0.3) is 0 Å². The largest absolute Gasteiger partial charge is 0.462 e. The summed E-state index contributed by atoms with van der Waals surface area (Å²) in [5, 5.41) is 0. The van der Waals surface area contributed by atoms with Gasteiger partial charge in [-0.05, 0) is 25.7 Å². The number of carbonyl (C=O) groups excluding carboxylic acids is 6. The Hall–Kier alpha value is -3.30. The molecule has 200 valence electrons. The fourth-order valence-electron chi connectivity index (χ4n) is 3.03. The Morgan fingerprint density at radius 2 is 0.667 bits per heavy atom. The Balaban J connectivity index is 3.74. The molecule has 0 amide bonds. The number of rotatable bonds is 16. The first kappa shape index (κ1) is 30.7. The van der Waals surface area contributed by atoms with Gasteiger partial charge in [-0.15, -0.1) is 0 Å². The summed E-state index contributed by atoms with van der Waals surface area (Å²) in [4.78, 5) is 77.9. The number of Topliss-reactive ketones (excluding diaryl/α,β-unsaturated/α-hetero) is 2. The second-order valence-electron chi connectivity index (χ2n) is 8.12. The molecule has 36 heavy (non-hydrogen) atoms. The van der Waals surface area contributed by atoms with Gasteiger partial charge in [0.05, 0.1) is 37.6 Å². The van der Waals surface area contributed by atoms with Crippen LogP contribution in [0.3, 0.4) is 0 Å². The Kier molecular flexibility index (Phi) is 14.0. The van der Waals surface area contributed by atoms with Crippen LogP contribution in [-0.2, 0) is 47.7 Å². The Bertz CT molecular complexity index is 836. The van der Waals surface area contributed by atoms with Crippen molar-refractivity contribution in [3.63, 3.8) is 0 Å². The summed E-state index contributed by atoms with van der Waals surface area (Å²) in [5.74, 6) is -7.86. The summed E-state index contributed by atoms with van der Waals surface area (Å²) in [6.07, 6.45) is 4.56. The quantitative estimate of drug-likeness (QED) is 0.0763. The van der Waals surface area contributed by atoms with Crippen LogP contribution >= 0.6 is 0 Å². The Morgan fingerprint density at radius 3 is 0.889 bits per heavy atom. The zero-order chi connectivity index (χ0) is 27.1. The summed E-state index contributed by atoms with van der Waals surface area (Å²) in [6.45, 7) is 7.10. The molecule has 1 aliphatic carbocycles. The topological polar surface area (TPSA) is 139 Å². The minimum absolute atomic E-state index is 0.0758. The maximum Gasteiger partial charge on any atom is 0.343 e. The van der Waals surface area contributed by atoms with Crippen LogP contribution in [-0.4, -0.2) is 61.9 Å². The van der Waals surface area contributed by atoms with E-state index in [1.165, 1.54) is 0 Å². The van der Waals surface area contributed by atoms with Crippen LogP contribution in [0.4, 0.5) is 0 Å². The number of unbranched alkanes of at least 4 members (excludes halogenated alkanes) is 4. The van der Waals surface area contributed by atoms with E-state index in [0.29, 0.717) is 51.4 Å². The molecule has 0 fully saturated rings. The molecule has 0 bridgehead atoms. The summed E-state index contributed by atoms with van der Waals surface area (Å²) >= 11 is 0. The van der Waals surface area contributed by atoms with Gasteiger partial charge in [0, 0.05) is 0 Å². The Labute approximate surface area is 211 Å². The predicted molar refractivity (Wildman–Crippen MR) is 128 cm³/mol. The highest BCUT2D eigenvalue weighted by Crippen LogP contribution is 2.31. The molecular weight excluding hydrogens is 472 g/mol. The van der Waals surface area contributed by atoms with Crippen molar-refractivity contribution in [2.75, 3.05) is 26.4 Å². The summed E-state index contributed by atoms with van der Waals surface area (Å²) in [7, 11) is 0. The van der Waals surface area contributed by atoms with Gasteiger partial charge in [0.2, 0.25) is 11.6 Å². The molecule has 0 N–H and O–H groups in total. The molecule has 1 aliphatic rings. The SMILES string of the molecule is CCCCOC(=O)C1=C(C(=O)OCCCC)C(C(=O)OCCCC)=C(C(=O)OCCCC)C(=O)C1=O. The predicted octanol–water partition coefficient (Wildman–Crippen LogP) is 3.10. The molecule has 0 aromatic rings. The van der Waals surface area contributed by atoms with Gasteiger partial charge >= 0.3 is 23.9 Å². The lowest BCUT2D eigenvalue weighted by atomic mass is 9.83. The van der Waals surface area contributed by atoms with Gasteiger partial charge in [0.1, 0.15) is 11.1 Å². The van der Waals surface area contributed by atoms with E-state index in [1.54, 1.807) is 0 Å². The number of carbonyl (C=O) groups is 6. The van der Waals surface area contributed by atoms with E-state index in [9.17, 15) is 28.8 Å².